The van der Waals surface area contributed by atoms with Crippen molar-refractivity contribution in [1.82, 2.24) is 9.97 Å². The van der Waals surface area contributed by atoms with Crippen LogP contribution in [-0.4, -0.2) is 25.4 Å². The van der Waals surface area contributed by atoms with Crippen molar-refractivity contribution >= 4 is 21.7 Å². The largest absolute Gasteiger partial charge is 0.388 e. The van der Waals surface area contributed by atoms with E-state index < -0.39 is 10.0 Å². The van der Waals surface area contributed by atoms with Crippen molar-refractivity contribution in [2.45, 2.75) is 4.90 Å². The number of nitrogens with one attached hydrogen (secondary N) is 2. The summed E-state index contributed by atoms with van der Waals surface area (Å²) in [6, 6.07) is 7.99. The predicted octanol–water partition coefficient (Wildman–Crippen LogP) is 1.32. The second-order valence-corrected chi connectivity index (χ2v) is 5.13. The van der Waals surface area contributed by atoms with E-state index >= 15 is 0 Å². The molecule has 0 aliphatic rings. The van der Waals surface area contributed by atoms with Gasteiger partial charge in [0.25, 0.3) is 10.0 Å². The molecule has 0 aliphatic heterocycles. The van der Waals surface area contributed by atoms with Crippen molar-refractivity contribution in [2.75, 3.05) is 17.1 Å². The summed E-state index contributed by atoms with van der Waals surface area (Å²) in [6.45, 7) is 0. The summed E-state index contributed by atoms with van der Waals surface area (Å²) < 4.78 is 26.3. The fourth-order valence-electron chi connectivity index (χ4n) is 1.33. The average Bonchev–Trinajstić information content (AvgIpc) is 2.39. The Morgan fingerprint density at radius 2 is 1.67 bits per heavy atom. The molecule has 0 unspecified atom stereocenters. The van der Waals surface area contributed by atoms with E-state index in [9.17, 15) is 8.42 Å². The zero-order valence-electron chi connectivity index (χ0n) is 9.66. The molecule has 0 spiro atoms. The third kappa shape index (κ3) is 2.75. The maximum Gasteiger partial charge on any atom is 0.264 e. The summed E-state index contributed by atoms with van der Waals surface area (Å²) in [5.74, 6) is 0.0511. The molecule has 1 heterocycles. The monoisotopic (exact) mass is 264 g/mol. The van der Waals surface area contributed by atoms with Crippen molar-refractivity contribution in [3.05, 3.63) is 42.7 Å². The number of anilines is 2. The van der Waals surface area contributed by atoms with Crippen molar-refractivity contribution in [1.29, 1.82) is 0 Å². The van der Waals surface area contributed by atoms with Crippen LogP contribution in [0, 0.1) is 0 Å². The Kier molecular flexibility index (Phi) is 3.42. The first-order valence-corrected chi connectivity index (χ1v) is 6.68. The molecule has 0 saturated carbocycles. The summed E-state index contributed by atoms with van der Waals surface area (Å²) in [4.78, 5) is 7.78. The number of nitrogens with zero attached hydrogens (tertiary/aromatic N) is 2. The summed E-state index contributed by atoms with van der Waals surface area (Å²) in [7, 11) is -1.88. The minimum absolute atomic E-state index is 0.0511. The molecule has 2 aromatic rings. The molecular formula is C11H12N4O2S. The second-order valence-electron chi connectivity index (χ2n) is 3.45. The van der Waals surface area contributed by atoms with E-state index in [1.165, 1.54) is 24.5 Å². The zero-order chi connectivity index (χ0) is 13.0. The molecule has 1 aromatic heterocycles. The van der Waals surface area contributed by atoms with Gasteiger partial charge in [0.1, 0.15) is 0 Å². The normalized spacial score (nSPS) is 10.9. The highest BCUT2D eigenvalue weighted by atomic mass is 32.2. The number of aromatic nitrogens is 2. The highest BCUT2D eigenvalue weighted by Crippen LogP contribution is 2.15. The molecule has 0 fully saturated rings. The van der Waals surface area contributed by atoms with Gasteiger partial charge in [-0.15, -0.1) is 0 Å². The maximum absolute atomic E-state index is 12.0. The summed E-state index contributed by atoms with van der Waals surface area (Å²) in [5.41, 5.74) is 0.838. The maximum atomic E-state index is 12.0. The Balaban J connectivity index is 2.25. The van der Waals surface area contributed by atoms with Gasteiger partial charge in [0, 0.05) is 25.1 Å². The molecule has 6 nitrogen and oxygen atoms in total. The first kappa shape index (κ1) is 12.3. The molecular weight excluding hydrogens is 252 g/mol. The molecule has 0 atom stereocenters. The SMILES string of the molecule is CNc1ccc(S(=O)(=O)Nc2ncccn2)cc1. The van der Waals surface area contributed by atoms with Crippen LogP contribution in [0.3, 0.4) is 0 Å². The van der Waals surface area contributed by atoms with Crippen LogP contribution in [0.4, 0.5) is 11.6 Å². The fourth-order valence-corrected chi connectivity index (χ4v) is 2.29. The average molecular weight is 264 g/mol. The van der Waals surface area contributed by atoms with Crippen molar-refractivity contribution < 1.29 is 8.42 Å². The van der Waals surface area contributed by atoms with Gasteiger partial charge in [-0.25, -0.2) is 23.1 Å². The lowest BCUT2D eigenvalue weighted by atomic mass is 10.3. The molecule has 0 amide bonds. The van der Waals surface area contributed by atoms with Crippen molar-refractivity contribution in [3.8, 4) is 0 Å². The standard InChI is InChI=1S/C11H12N4O2S/c1-12-9-3-5-10(6-4-9)18(16,17)15-11-13-7-2-8-14-11/h2-8,12H,1H3,(H,13,14,15). The summed E-state index contributed by atoms with van der Waals surface area (Å²) in [5, 5.41) is 2.92. The topological polar surface area (TPSA) is 84.0 Å². The minimum Gasteiger partial charge on any atom is -0.388 e. The van der Waals surface area contributed by atoms with Gasteiger partial charge in [0.05, 0.1) is 4.90 Å². The highest BCUT2D eigenvalue weighted by molar-refractivity contribution is 7.92. The van der Waals surface area contributed by atoms with Gasteiger partial charge < -0.3 is 5.32 Å². The highest BCUT2D eigenvalue weighted by Gasteiger charge is 2.14. The molecule has 18 heavy (non-hydrogen) atoms. The molecule has 0 aliphatic carbocycles. The Labute approximate surface area is 105 Å². The van der Waals surface area contributed by atoms with Gasteiger partial charge in [0.15, 0.2) is 0 Å². The van der Waals surface area contributed by atoms with Crippen LogP contribution in [0.1, 0.15) is 0 Å². The minimum atomic E-state index is -3.64. The van der Waals surface area contributed by atoms with E-state index in [1.807, 2.05) is 0 Å². The molecule has 7 heteroatoms. The van der Waals surface area contributed by atoms with E-state index in [0.717, 1.165) is 5.69 Å². The number of sulfonamides is 1. The van der Waals surface area contributed by atoms with Crippen LogP contribution in [0.25, 0.3) is 0 Å². The number of hydrogen-bond acceptors (Lipinski definition) is 5. The lowest BCUT2D eigenvalue weighted by Gasteiger charge is -2.06. The Morgan fingerprint density at radius 3 is 2.22 bits per heavy atom. The predicted molar refractivity (Wildman–Crippen MR) is 68.8 cm³/mol. The molecule has 0 radical (unpaired) electrons. The molecule has 2 rings (SSSR count). The molecule has 1 aromatic carbocycles. The zero-order valence-corrected chi connectivity index (χ0v) is 10.5. The van der Waals surface area contributed by atoms with Crippen molar-refractivity contribution in [3.63, 3.8) is 0 Å². The summed E-state index contributed by atoms with van der Waals surface area (Å²) in [6.07, 6.45) is 2.93. The fraction of sp³-hybridized carbons (Fsp3) is 0.0909. The lowest BCUT2D eigenvalue weighted by Crippen LogP contribution is -2.14. The van der Waals surface area contributed by atoms with Crippen LogP contribution in [0.2, 0.25) is 0 Å². The molecule has 94 valence electrons. The van der Waals surface area contributed by atoms with E-state index in [1.54, 1.807) is 25.2 Å². The smallest absolute Gasteiger partial charge is 0.264 e. The van der Waals surface area contributed by atoms with E-state index in [-0.39, 0.29) is 10.8 Å². The van der Waals surface area contributed by atoms with E-state index in [2.05, 4.69) is 20.0 Å². The van der Waals surface area contributed by atoms with Crippen LogP contribution in [0.15, 0.2) is 47.6 Å². The Hall–Kier alpha value is -2.15. The first-order chi connectivity index (χ1) is 8.62. The number of hydrogen-bond donors (Lipinski definition) is 2. The van der Waals surface area contributed by atoms with Gasteiger partial charge in [-0.3, -0.25) is 0 Å². The second kappa shape index (κ2) is 5.01. The third-order valence-corrected chi connectivity index (χ3v) is 3.59. The number of rotatable bonds is 4. The molecule has 0 saturated heterocycles. The van der Waals surface area contributed by atoms with Gasteiger partial charge in [-0.05, 0) is 30.3 Å². The van der Waals surface area contributed by atoms with E-state index in [4.69, 9.17) is 0 Å². The third-order valence-electron chi connectivity index (χ3n) is 2.24. The molecule has 2 N–H and O–H groups in total. The first-order valence-electron chi connectivity index (χ1n) is 5.19. The Morgan fingerprint density at radius 1 is 1.06 bits per heavy atom. The van der Waals surface area contributed by atoms with Crippen LogP contribution < -0.4 is 10.0 Å². The van der Waals surface area contributed by atoms with Gasteiger partial charge in [-0.2, -0.15) is 0 Å². The van der Waals surface area contributed by atoms with Gasteiger partial charge >= 0.3 is 0 Å². The van der Waals surface area contributed by atoms with Crippen LogP contribution >= 0.6 is 0 Å². The van der Waals surface area contributed by atoms with Crippen LogP contribution in [0.5, 0.6) is 0 Å². The lowest BCUT2D eigenvalue weighted by molar-refractivity contribution is 0.601. The molecule has 0 bridgehead atoms. The summed E-state index contributed by atoms with van der Waals surface area (Å²) >= 11 is 0. The number of benzene rings is 1. The van der Waals surface area contributed by atoms with Crippen LogP contribution in [-0.2, 0) is 10.0 Å². The Bertz CT molecular complexity index is 611. The van der Waals surface area contributed by atoms with Gasteiger partial charge in [0.2, 0.25) is 5.95 Å². The van der Waals surface area contributed by atoms with E-state index in [0.29, 0.717) is 0 Å². The van der Waals surface area contributed by atoms with Crippen molar-refractivity contribution in [2.24, 2.45) is 0 Å². The van der Waals surface area contributed by atoms with Gasteiger partial charge in [-0.1, -0.05) is 0 Å². The quantitative estimate of drug-likeness (QED) is 0.870.